The molecule has 0 radical (unpaired) electrons. The van der Waals surface area contributed by atoms with Crippen molar-refractivity contribution in [2.45, 2.75) is 6.92 Å². The van der Waals surface area contributed by atoms with Gasteiger partial charge in [0.15, 0.2) is 5.65 Å². The third-order valence-corrected chi connectivity index (χ3v) is 6.37. The summed E-state index contributed by atoms with van der Waals surface area (Å²) in [6.07, 6.45) is 2.57. The number of carboxylic acid groups (broad SMARTS) is 1. The molecule has 14 heteroatoms. The monoisotopic (exact) mass is 470 g/mol. The Morgan fingerprint density at radius 3 is 2.78 bits per heavy atom. The summed E-state index contributed by atoms with van der Waals surface area (Å²) in [5.74, 6) is -1.13. The van der Waals surface area contributed by atoms with Gasteiger partial charge in [-0.15, -0.1) is 10.2 Å². The van der Waals surface area contributed by atoms with Crippen LogP contribution in [-0.2, 0) is 4.79 Å². The van der Waals surface area contributed by atoms with Crippen molar-refractivity contribution >= 4 is 56.7 Å². The first-order valence-corrected chi connectivity index (χ1v) is 11.0. The molecule has 1 saturated heterocycles. The van der Waals surface area contributed by atoms with Crippen molar-refractivity contribution in [2.75, 3.05) is 23.3 Å². The highest BCUT2D eigenvalue weighted by Gasteiger charge is 2.34. The van der Waals surface area contributed by atoms with Gasteiger partial charge in [0, 0.05) is 30.8 Å². The van der Waals surface area contributed by atoms with Crippen molar-refractivity contribution in [1.82, 2.24) is 29.1 Å². The predicted molar refractivity (Wildman–Crippen MR) is 117 cm³/mol. The van der Waals surface area contributed by atoms with Crippen molar-refractivity contribution in [2.24, 2.45) is 5.92 Å². The molecule has 5 rings (SSSR count). The summed E-state index contributed by atoms with van der Waals surface area (Å²) < 4.78 is 5.43. The number of nitrogens with zero attached hydrogens (tertiary/aromatic N) is 7. The lowest BCUT2D eigenvalue weighted by atomic mass is 9.99. The number of carbonyl (C=O) groups excluding carboxylic acids is 1. The smallest absolute Gasteiger partial charge is 0.341 e. The third kappa shape index (κ3) is 3.38. The van der Waals surface area contributed by atoms with Crippen LogP contribution in [0.4, 0.5) is 10.9 Å². The Labute approximate surface area is 187 Å². The van der Waals surface area contributed by atoms with Crippen LogP contribution in [0.2, 0.25) is 0 Å². The molecule has 162 valence electrons. The molecule has 0 spiro atoms. The number of anilines is 2. The minimum Gasteiger partial charge on any atom is -0.477 e. The number of pyridine rings is 2. The number of nitrogens with one attached hydrogen (secondary N) is 1. The summed E-state index contributed by atoms with van der Waals surface area (Å²) in [4.78, 5) is 47.5. The van der Waals surface area contributed by atoms with E-state index in [9.17, 15) is 19.5 Å². The average molecular weight is 470 g/mol. The van der Waals surface area contributed by atoms with Crippen LogP contribution in [0.3, 0.4) is 0 Å². The maximum atomic E-state index is 12.8. The lowest BCUT2D eigenvalue weighted by Crippen LogP contribution is -2.52. The van der Waals surface area contributed by atoms with Crippen molar-refractivity contribution < 1.29 is 14.7 Å². The maximum absolute atomic E-state index is 12.8. The number of aromatic carboxylic acids is 1. The van der Waals surface area contributed by atoms with Gasteiger partial charge in [-0.25, -0.2) is 14.8 Å². The second-order valence-corrected chi connectivity index (χ2v) is 8.69. The topological polar surface area (TPSA) is 156 Å². The molecule has 0 aliphatic carbocycles. The molecule has 1 fully saturated rings. The molecule has 0 saturated carbocycles. The number of hydrogen-bond donors (Lipinski definition) is 2. The molecule has 1 amide bonds. The van der Waals surface area contributed by atoms with Gasteiger partial charge in [0.05, 0.1) is 11.3 Å². The second kappa shape index (κ2) is 7.72. The van der Waals surface area contributed by atoms with Gasteiger partial charge in [-0.2, -0.15) is 4.37 Å². The van der Waals surface area contributed by atoms with Crippen LogP contribution in [0, 0.1) is 12.8 Å². The summed E-state index contributed by atoms with van der Waals surface area (Å²) in [5, 5.41) is 20.8. The molecule has 0 aromatic carbocycles. The highest BCUT2D eigenvalue weighted by atomic mass is 32.1. The minimum absolute atomic E-state index is 0.146. The van der Waals surface area contributed by atoms with E-state index >= 15 is 0 Å². The zero-order valence-electron chi connectivity index (χ0n) is 16.4. The van der Waals surface area contributed by atoms with Crippen LogP contribution >= 0.6 is 22.9 Å². The highest BCUT2D eigenvalue weighted by Crippen LogP contribution is 2.28. The number of aryl methyl sites for hydroxylation is 1. The number of carboxylic acids is 1. The summed E-state index contributed by atoms with van der Waals surface area (Å²) >= 11 is 2.30. The van der Waals surface area contributed by atoms with E-state index in [2.05, 4.69) is 29.9 Å². The Morgan fingerprint density at radius 1 is 1.31 bits per heavy atom. The van der Waals surface area contributed by atoms with Crippen molar-refractivity contribution in [3.05, 3.63) is 45.5 Å². The van der Waals surface area contributed by atoms with Crippen molar-refractivity contribution in [3.8, 4) is 5.13 Å². The first-order chi connectivity index (χ1) is 15.4. The van der Waals surface area contributed by atoms with Gasteiger partial charge in [0.2, 0.25) is 21.6 Å². The molecule has 4 aromatic rings. The van der Waals surface area contributed by atoms with Gasteiger partial charge in [-0.3, -0.25) is 14.2 Å². The lowest BCUT2D eigenvalue weighted by Gasteiger charge is -2.39. The van der Waals surface area contributed by atoms with E-state index in [-0.39, 0.29) is 28.4 Å². The Hall–Kier alpha value is -3.78. The number of carbonyl (C=O) groups is 2. The highest BCUT2D eigenvalue weighted by molar-refractivity contribution is 7.13. The normalized spacial score (nSPS) is 13.8. The average Bonchev–Trinajstić information content (AvgIpc) is 3.40. The fourth-order valence-electron chi connectivity index (χ4n) is 3.48. The number of fused-ring (bicyclic) bond motifs is 1. The number of aromatic nitrogens is 6. The van der Waals surface area contributed by atoms with Gasteiger partial charge in [0.25, 0.3) is 0 Å². The first kappa shape index (κ1) is 20.1. The van der Waals surface area contributed by atoms with Crippen LogP contribution in [0.1, 0.15) is 15.9 Å². The molecule has 0 unspecified atom stereocenters. The Morgan fingerprint density at radius 2 is 2.12 bits per heavy atom. The van der Waals surface area contributed by atoms with Crippen LogP contribution in [-0.4, -0.2) is 59.2 Å². The Kier molecular flexibility index (Phi) is 4.86. The number of hydrogen-bond acceptors (Lipinski definition) is 11. The summed E-state index contributed by atoms with van der Waals surface area (Å²) in [6, 6.07) is 1.72. The van der Waals surface area contributed by atoms with Crippen LogP contribution in [0.5, 0.6) is 0 Å². The van der Waals surface area contributed by atoms with Gasteiger partial charge >= 0.3 is 5.97 Å². The maximum Gasteiger partial charge on any atom is 0.341 e. The molecule has 4 aromatic heterocycles. The predicted octanol–water partition coefficient (Wildman–Crippen LogP) is 1.17. The minimum atomic E-state index is -1.33. The molecule has 2 N–H and O–H groups in total. The molecular weight excluding hydrogens is 456 g/mol. The molecular formula is C18H14N8O4S2. The van der Waals surface area contributed by atoms with E-state index in [1.807, 2.05) is 4.90 Å². The largest absolute Gasteiger partial charge is 0.477 e. The quantitative estimate of drug-likeness (QED) is 0.434. The van der Waals surface area contributed by atoms with Gasteiger partial charge < -0.3 is 15.3 Å². The van der Waals surface area contributed by atoms with E-state index < -0.39 is 11.4 Å². The van der Waals surface area contributed by atoms with Crippen molar-refractivity contribution in [3.63, 3.8) is 0 Å². The van der Waals surface area contributed by atoms with Gasteiger partial charge in [-0.05, 0) is 18.6 Å². The molecule has 32 heavy (non-hydrogen) atoms. The molecule has 1 aliphatic rings. The number of amides is 1. The van der Waals surface area contributed by atoms with Crippen molar-refractivity contribution in [1.29, 1.82) is 0 Å². The van der Waals surface area contributed by atoms with E-state index in [1.165, 1.54) is 33.9 Å². The third-order valence-electron chi connectivity index (χ3n) is 5.09. The molecule has 5 heterocycles. The van der Waals surface area contributed by atoms with Gasteiger partial charge in [0.1, 0.15) is 23.2 Å². The molecule has 0 bridgehead atoms. The molecule has 1 aliphatic heterocycles. The Balaban J connectivity index is 1.50. The zero-order chi connectivity index (χ0) is 22.4. The summed E-state index contributed by atoms with van der Waals surface area (Å²) in [5.41, 5.74) is 1.43. The standard InChI is InChI=1S/C18H14N8O4S2/c1-8-2-11(25-3-9(4-25)15(28)23-17-24-20-7-31-17)22-14-12(8)13(27)10(16(29)30)5-26(14)18-19-6-21-32-18/h2,5-7,9H,3-4H2,1H3,(H,29,30)(H,23,24,28). The van der Waals surface area contributed by atoms with E-state index in [4.69, 9.17) is 0 Å². The summed E-state index contributed by atoms with van der Waals surface area (Å²) in [7, 11) is 0. The first-order valence-electron chi connectivity index (χ1n) is 9.31. The zero-order valence-corrected chi connectivity index (χ0v) is 18.1. The lowest BCUT2D eigenvalue weighted by molar-refractivity contribution is -0.120. The van der Waals surface area contributed by atoms with Crippen LogP contribution in [0.25, 0.3) is 16.2 Å². The number of rotatable bonds is 5. The second-order valence-electron chi connectivity index (χ2n) is 7.10. The van der Waals surface area contributed by atoms with E-state index in [0.717, 1.165) is 11.5 Å². The fourth-order valence-corrected chi connectivity index (χ4v) is 4.44. The SMILES string of the molecule is Cc1cc(N2CC(C(=O)Nc3nncs3)C2)nc2c1c(=O)c(C(=O)O)cn2-c1ncns1. The van der Waals surface area contributed by atoms with E-state index in [0.29, 0.717) is 34.7 Å². The van der Waals surface area contributed by atoms with Crippen LogP contribution in [0.15, 0.2) is 28.9 Å². The van der Waals surface area contributed by atoms with Gasteiger partial charge in [-0.1, -0.05) is 11.3 Å². The van der Waals surface area contributed by atoms with E-state index in [1.54, 1.807) is 13.0 Å². The Bertz CT molecular complexity index is 1390. The van der Waals surface area contributed by atoms with Crippen LogP contribution < -0.4 is 15.6 Å². The molecule has 0 atom stereocenters. The molecule has 12 nitrogen and oxygen atoms in total. The summed E-state index contributed by atoms with van der Waals surface area (Å²) in [6.45, 7) is 2.61. The fraction of sp³-hybridized carbons (Fsp3) is 0.222.